The molecular weight excluding hydrogens is 328 g/mol. The zero-order valence-electron chi connectivity index (χ0n) is 15.6. The van der Waals surface area contributed by atoms with Crippen molar-refractivity contribution < 1.29 is 4.79 Å². The lowest BCUT2D eigenvalue weighted by Gasteiger charge is -2.23. The van der Waals surface area contributed by atoms with E-state index < -0.39 is 0 Å². The highest BCUT2D eigenvalue weighted by Gasteiger charge is 2.37. The van der Waals surface area contributed by atoms with Gasteiger partial charge in [-0.1, -0.05) is 44.2 Å². The van der Waals surface area contributed by atoms with Gasteiger partial charge in [0.25, 0.3) is 0 Å². The number of tetrazole rings is 1. The van der Waals surface area contributed by atoms with Crippen LogP contribution in [0.15, 0.2) is 36.7 Å². The SMILES string of the molecule is CC(C)CNC(=O)[C@@H]1C[C@@H](n2cnnn2)CN1CCCc1ccccc1. The van der Waals surface area contributed by atoms with Crippen molar-refractivity contribution in [3.63, 3.8) is 0 Å². The molecule has 2 aromatic rings. The van der Waals surface area contributed by atoms with Gasteiger partial charge in [0.1, 0.15) is 6.33 Å². The lowest BCUT2D eigenvalue weighted by atomic mass is 10.1. The minimum absolute atomic E-state index is 0.112. The molecular formula is C19H28N6O. The van der Waals surface area contributed by atoms with Crippen molar-refractivity contribution in [2.45, 2.75) is 45.2 Å². The van der Waals surface area contributed by atoms with Gasteiger partial charge >= 0.3 is 0 Å². The van der Waals surface area contributed by atoms with Gasteiger partial charge in [-0.15, -0.1) is 5.10 Å². The van der Waals surface area contributed by atoms with Crippen LogP contribution in [0, 0.1) is 5.92 Å². The van der Waals surface area contributed by atoms with E-state index in [1.807, 2.05) is 6.07 Å². The van der Waals surface area contributed by atoms with Gasteiger partial charge < -0.3 is 5.32 Å². The predicted molar refractivity (Wildman–Crippen MR) is 99.4 cm³/mol. The molecule has 1 aromatic heterocycles. The Bertz CT molecular complexity index is 673. The first-order chi connectivity index (χ1) is 12.6. The Morgan fingerprint density at radius 2 is 2.12 bits per heavy atom. The highest BCUT2D eigenvalue weighted by molar-refractivity contribution is 5.82. The van der Waals surface area contributed by atoms with Crippen LogP contribution in [0.4, 0.5) is 0 Å². The van der Waals surface area contributed by atoms with Gasteiger partial charge in [0.2, 0.25) is 5.91 Å². The molecule has 1 N–H and O–H groups in total. The molecule has 0 unspecified atom stereocenters. The maximum absolute atomic E-state index is 12.7. The van der Waals surface area contributed by atoms with Crippen LogP contribution in [0.5, 0.6) is 0 Å². The first kappa shape index (κ1) is 18.5. The van der Waals surface area contributed by atoms with Gasteiger partial charge in [0.15, 0.2) is 0 Å². The van der Waals surface area contributed by atoms with Gasteiger partial charge in [-0.3, -0.25) is 9.69 Å². The molecule has 0 spiro atoms. The summed E-state index contributed by atoms with van der Waals surface area (Å²) in [6.07, 6.45) is 4.44. The Hall–Kier alpha value is -2.28. The Labute approximate surface area is 154 Å². The molecule has 1 aliphatic rings. The number of nitrogens with zero attached hydrogens (tertiary/aromatic N) is 5. The molecule has 1 saturated heterocycles. The summed E-state index contributed by atoms with van der Waals surface area (Å²) < 4.78 is 1.78. The molecule has 0 radical (unpaired) electrons. The van der Waals surface area contributed by atoms with E-state index in [-0.39, 0.29) is 18.0 Å². The zero-order valence-corrected chi connectivity index (χ0v) is 15.6. The van der Waals surface area contributed by atoms with Gasteiger partial charge in [-0.2, -0.15) is 0 Å². The van der Waals surface area contributed by atoms with Crippen molar-refractivity contribution in [3.05, 3.63) is 42.2 Å². The van der Waals surface area contributed by atoms with Crippen molar-refractivity contribution >= 4 is 5.91 Å². The number of likely N-dealkylation sites (tertiary alicyclic amines) is 1. The second-order valence-electron chi connectivity index (χ2n) is 7.42. The van der Waals surface area contributed by atoms with Crippen LogP contribution in [0.1, 0.15) is 38.3 Å². The number of amides is 1. The Balaban J connectivity index is 1.60. The van der Waals surface area contributed by atoms with Crippen LogP contribution in [-0.4, -0.2) is 56.7 Å². The molecule has 0 saturated carbocycles. The normalized spacial score (nSPS) is 20.6. The fraction of sp³-hybridized carbons (Fsp3) is 0.579. The minimum atomic E-state index is -0.112. The van der Waals surface area contributed by atoms with E-state index >= 15 is 0 Å². The largest absolute Gasteiger partial charge is 0.354 e. The van der Waals surface area contributed by atoms with Crippen molar-refractivity contribution in [2.24, 2.45) is 5.92 Å². The molecule has 0 aliphatic carbocycles. The maximum atomic E-state index is 12.7. The number of nitrogens with one attached hydrogen (secondary N) is 1. The summed E-state index contributed by atoms with van der Waals surface area (Å²) in [6.45, 7) is 6.63. The predicted octanol–water partition coefficient (Wildman–Crippen LogP) is 1.69. The fourth-order valence-corrected chi connectivity index (χ4v) is 3.48. The maximum Gasteiger partial charge on any atom is 0.237 e. The molecule has 1 aromatic carbocycles. The minimum Gasteiger partial charge on any atom is -0.354 e. The van der Waals surface area contributed by atoms with E-state index in [4.69, 9.17) is 0 Å². The lowest BCUT2D eigenvalue weighted by molar-refractivity contribution is -0.125. The van der Waals surface area contributed by atoms with E-state index in [9.17, 15) is 4.79 Å². The first-order valence-electron chi connectivity index (χ1n) is 9.41. The molecule has 3 rings (SSSR count). The second kappa shape index (κ2) is 8.89. The molecule has 7 nitrogen and oxygen atoms in total. The van der Waals surface area contributed by atoms with E-state index in [0.717, 1.165) is 32.4 Å². The molecule has 140 valence electrons. The highest BCUT2D eigenvalue weighted by Crippen LogP contribution is 2.27. The van der Waals surface area contributed by atoms with Crippen LogP contribution in [0.3, 0.4) is 0 Å². The van der Waals surface area contributed by atoms with E-state index in [1.54, 1.807) is 11.0 Å². The lowest BCUT2D eigenvalue weighted by Crippen LogP contribution is -2.44. The van der Waals surface area contributed by atoms with Crippen molar-refractivity contribution in [1.82, 2.24) is 30.4 Å². The number of aromatic nitrogens is 4. The number of carbonyl (C=O) groups excluding carboxylic acids is 1. The summed E-state index contributed by atoms with van der Waals surface area (Å²) in [5, 5.41) is 14.6. The van der Waals surface area contributed by atoms with E-state index in [0.29, 0.717) is 12.5 Å². The average Bonchev–Trinajstić information content (AvgIpc) is 3.30. The van der Waals surface area contributed by atoms with E-state index in [1.165, 1.54) is 5.56 Å². The quantitative estimate of drug-likeness (QED) is 0.779. The van der Waals surface area contributed by atoms with Gasteiger partial charge in [0.05, 0.1) is 12.1 Å². The number of hydrogen-bond acceptors (Lipinski definition) is 5. The average molecular weight is 356 g/mol. The standard InChI is InChI=1S/C19H28N6O/c1-15(2)12-20-19(26)18-11-17(25-14-21-22-23-25)13-24(18)10-6-9-16-7-4-3-5-8-16/h3-5,7-8,14-15,17-18H,6,9-13H2,1-2H3,(H,20,26)/t17-,18+/m1/s1. The monoisotopic (exact) mass is 356 g/mol. The number of benzene rings is 1. The molecule has 0 bridgehead atoms. The van der Waals surface area contributed by atoms with Crippen LogP contribution in [0.25, 0.3) is 0 Å². The van der Waals surface area contributed by atoms with Crippen molar-refractivity contribution in [2.75, 3.05) is 19.6 Å². The summed E-state index contributed by atoms with van der Waals surface area (Å²) >= 11 is 0. The van der Waals surface area contributed by atoms with Gasteiger partial charge in [-0.05, 0) is 47.7 Å². The number of rotatable bonds is 8. The molecule has 7 heteroatoms. The third kappa shape index (κ3) is 4.88. The summed E-state index contributed by atoms with van der Waals surface area (Å²) in [4.78, 5) is 15.0. The van der Waals surface area contributed by atoms with Crippen LogP contribution in [-0.2, 0) is 11.2 Å². The third-order valence-corrected chi connectivity index (χ3v) is 4.86. The van der Waals surface area contributed by atoms with Gasteiger partial charge in [-0.25, -0.2) is 4.68 Å². The van der Waals surface area contributed by atoms with E-state index in [2.05, 4.69) is 63.9 Å². The number of aryl methyl sites for hydroxylation is 1. The van der Waals surface area contributed by atoms with Crippen LogP contribution >= 0.6 is 0 Å². The first-order valence-corrected chi connectivity index (χ1v) is 9.41. The number of hydrogen-bond donors (Lipinski definition) is 1. The summed E-state index contributed by atoms with van der Waals surface area (Å²) in [5.41, 5.74) is 1.34. The fourth-order valence-electron chi connectivity index (χ4n) is 3.48. The number of carbonyl (C=O) groups is 1. The third-order valence-electron chi connectivity index (χ3n) is 4.86. The molecule has 1 fully saturated rings. The summed E-state index contributed by atoms with van der Waals surface area (Å²) in [7, 11) is 0. The Morgan fingerprint density at radius 1 is 1.31 bits per heavy atom. The second-order valence-corrected chi connectivity index (χ2v) is 7.42. The topological polar surface area (TPSA) is 75.9 Å². The molecule has 2 atom stereocenters. The molecule has 26 heavy (non-hydrogen) atoms. The Morgan fingerprint density at radius 3 is 2.81 bits per heavy atom. The highest BCUT2D eigenvalue weighted by atomic mass is 16.2. The smallest absolute Gasteiger partial charge is 0.237 e. The molecule has 2 heterocycles. The van der Waals surface area contributed by atoms with Crippen LogP contribution < -0.4 is 5.32 Å². The molecule has 1 amide bonds. The Kier molecular flexibility index (Phi) is 6.33. The zero-order chi connectivity index (χ0) is 18.4. The summed E-state index contributed by atoms with van der Waals surface area (Å²) in [5.74, 6) is 0.566. The van der Waals surface area contributed by atoms with Crippen LogP contribution in [0.2, 0.25) is 0 Å². The summed E-state index contributed by atoms with van der Waals surface area (Å²) in [6, 6.07) is 10.5. The van der Waals surface area contributed by atoms with Crippen molar-refractivity contribution in [1.29, 1.82) is 0 Å². The van der Waals surface area contributed by atoms with Crippen molar-refractivity contribution in [3.8, 4) is 0 Å². The van der Waals surface area contributed by atoms with Gasteiger partial charge in [0, 0.05) is 13.1 Å². The molecule has 1 aliphatic heterocycles.